The number of hydrogen-bond acceptors (Lipinski definition) is 7. The molecule has 0 radical (unpaired) electrons. The van der Waals surface area contributed by atoms with E-state index in [0.717, 1.165) is 6.26 Å². The van der Waals surface area contributed by atoms with Gasteiger partial charge in [0, 0.05) is 23.4 Å². The smallest absolute Gasteiger partial charge is 0.257 e. The molecule has 1 aliphatic heterocycles. The van der Waals surface area contributed by atoms with Crippen molar-refractivity contribution in [1.82, 2.24) is 9.80 Å². The summed E-state index contributed by atoms with van der Waals surface area (Å²) in [4.78, 5) is 29.2. The zero-order valence-corrected chi connectivity index (χ0v) is 22.0. The molecule has 9 nitrogen and oxygen atoms in total. The number of hydrogen-bond donors (Lipinski definition) is 1. The van der Waals surface area contributed by atoms with E-state index in [2.05, 4.69) is 5.32 Å². The molecule has 1 aliphatic rings. The van der Waals surface area contributed by atoms with Crippen LogP contribution in [0.25, 0.3) is 0 Å². The van der Waals surface area contributed by atoms with Gasteiger partial charge < -0.3 is 24.6 Å². The fourth-order valence-electron chi connectivity index (χ4n) is 4.06. The Kier molecular flexibility index (Phi) is 8.30. The highest BCUT2D eigenvalue weighted by atomic mass is 35.5. The van der Waals surface area contributed by atoms with E-state index in [1.165, 1.54) is 12.0 Å². The van der Waals surface area contributed by atoms with E-state index in [1.807, 2.05) is 6.92 Å². The highest BCUT2D eigenvalue weighted by Gasteiger charge is 2.38. The normalized spacial score (nSPS) is 14.1. The van der Waals surface area contributed by atoms with Gasteiger partial charge in [0.1, 0.15) is 9.84 Å². The Morgan fingerprint density at radius 3 is 2.54 bits per heavy atom. The highest BCUT2D eigenvalue weighted by Crippen LogP contribution is 2.40. The minimum atomic E-state index is -3.49. The fraction of sp³-hybridized carbons (Fsp3) is 0.417. The fourth-order valence-corrected chi connectivity index (χ4v) is 5.22. The molecule has 2 aromatic rings. The van der Waals surface area contributed by atoms with E-state index in [1.54, 1.807) is 49.3 Å². The van der Waals surface area contributed by atoms with Crippen molar-refractivity contribution >= 4 is 38.9 Å². The summed E-state index contributed by atoms with van der Waals surface area (Å²) in [5.41, 5.74) is 1.72. The van der Waals surface area contributed by atoms with Crippen LogP contribution in [0.3, 0.4) is 0 Å². The Morgan fingerprint density at radius 1 is 1.23 bits per heavy atom. The van der Waals surface area contributed by atoms with Gasteiger partial charge in [-0.15, -0.1) is 0 Å². The summed E-state index contributed by atoms with van der Waals surface area (Å²) in [5.74, 6) is -0.0477. The van der Waals surface area contributed by atoms with Crippen LogP contribution in [-0.4, -0.2) is 76.4 Å². The van der Waals surface area contributed by atoms with Gasteiger partial charge in [0.05, 0.1) is 43.3 Å². The lowest BCUT2D eigenvalue weighted by atomic mass is 10.1. The molecule has 0 spiro atoms. The average Bonchev–Trinajstić information content (AvgIpc) is 3.11. The van der Waals surface area contributed by atoms with Gasteiger partial charge in [-0.2, -0.15) is 0 Å². The lowest BCUT2D eigenvalue weighted by Gasteiger charge is -2.28. The second kappa shape index (κ2) is 10.8. The summed E-state index contributed by atoms with van der Waals surface area (Å²) in [6.45, 7) is 2.45. The summed E-state index contributed by atoms with van der Waals surface area (Å²) >= 11 is 6.43. The molecular formula is C24H30ClN3O6S. The van der Waals surface area contributed by atoms with Crippen molar-refractivity contribution in [2.24, 2.45) is 0 Å². The molecule has 1 heterocycles. The molecule has 190 valence electrons. The Hall–Kier alpha value is -2.82. The van der Waals surface area contributed by atoms with E-state index < -0.39 is 21.8 Å². The predicted molar refractivity (Wildman–Crippen MR) is 135 cm³/mol. The first-order valence-corrected chi connectivity index (χ1v) is 13.4. The summed E-state index contributed by atoms with van der Waals surface area (Å²) in [5, 5.41) is 3.14. The zero-order valence-electron chi connectivity index (χ0n) is 20.4. The average molecular weight is 524 g/mol. The number of amides is 2. The molecule has 0 fully saturated rings. The third kappa shape index (κ3) is 6.25. The number of carbonyl (C=O) groups excluding carboxylic acids is 2. The van der Waals surface area contributed by atoms with Gasteiger partial charge >= 0.3 is 0 Å². The Bertz CT molecular complexity index is 1230. The minimum Gasteiger partial charge on any atom is -0.493 e. The second-order valence-corrected chi connectivity index (χ2v) is 11.2. The molecule has 0 aliphatic carbocycles. The molecule has 2 aromatic carbocycles. The van der Waals surface area contributed by atoms with Gasteiger partial charge in [-0.1, -0.05) is 17.7 Å². The molecule has 0 saturated carbocycles. The number of halogens is 1. The molecule has 3 rings (SSSR count). The van der Waals surface area contributed by atoms with Crippen LogP contribution in [0.1, 0.15) is 34.5 Å². The predicted octanol–water partition coefficient (Wildman–Crippen LogP) is 2.99. The molecule has 0 aromatic heterocycles. The number of benzene rings is 2. The van der Waals surface area contributed by atoms with Crippen LogP contribution in [-0.2, 0) is 21.2 Å². The first-order chi connectivity index (χ1) is 16.4. The van der Waals surface area contributed by atoms with E-state index >= 15 is 0 Å². The molecular weight excluding hydrogens is 494 g/mol. The number of likely N-dealkylation sites (N-methyl/N-ethyl adjacent to an activating group) is 1. The number of nitrogens with one attached hydrogen (secondary N) is 1. The molecule has 2 amide bonds. The maximum atomic E-state index is 13.7. The first-order valence-electron chi connectivity index (χ1n) is 11.0. The van der Waals surface area contributed by atoms with Gasteiger partial charge in [-0.3, -0.25) is 9.59 Å². The summed E-state index contributed by atoms with van der Waals surface area (Å²) in [6, 6.07) is 7.49. The van der Waals surface area contributed by atoms with Crippen molar-refractivity contribution in [1.29, 1.82) is 0 Å². The largest absolute Gasteiger partial charge is 0.493 e. The molecule has 1 N–H and O–H groups in total. The lowest BCUT2D eigenvalue weighted by molar-refractivity contribution is -0.116. The van der Waals surface area contributed by atoms with Crippen molar-refractivity contribution in [3.8, 4) is 11.5 Å². The summed E-state index contributed by atoms with van der Waals surface area (Å²) < 4.78 is 35.8. The van der Waals surface area contributed by atoms with Crippen LogP contribution < -0.4 is 14.8 Å². The van der Waals surface area contributed by atoms with E-state index in [-0.39, 0.29) is 30.3 Å². The SMILES string of the molecule is CCOc1cc([C@H](CS(C)(=O)=O)N2Cc3c(Cl)ccc(NC(=O)CN(C)C)c3C2=O)ccc1OC. The molecule has 0 saturated heterocycles. The quantitative estimate of drug-likeness (QED) is 0.510. The monoisotopic (exact) mass is 523 g/mol. The number of ether oxygens (including phenoxy) is 2. The summed E-state index contributed by atoms with van der Waals surface area (Å²) in [7, 11) is 1.55. The van der Waals surface area contributed by atoms with Crippen LogP contribution in [0, 0.1) is 0 Å². The number of rotatable bonds is 10. The van der Waals surface area contributed by atoms with E-state index in [4.69, 9.17) is 21.1 Å². The topological polar surface area (TPSA) is 105 Å². The zero-order chi connectivity index (χ0) is 25.9. The van der Waals surface area contributed by atoms with Crippen molar-refractivity contribution in [2.45, 2.75) is 19.5 Å². The number of carbonyl (C=O) groups is 2. The van der Waals surface area contributed by atoms with Crippen molar-refractivity contribution < 1.29 is 27.5 Å². The number of methoxy groups -OCH3 is 1. The maximum absolute atomic E-state index is 13.7. The van der Waals surface area contributed by atoms with Crippen LogP contribution in [0.15, 0.2) is 30.3 Å². The van der Waals surface area contributed by atoms with Gasteiger partial charge in [-0.25, -0.2) is 8.42 Å². The van der Waals surface area contributed by atoms with Gasteiger partial charge in [-0.05, 0) is 50.8 Å². The maximum Gasteiger partial charge on any atom is 0.257 e. The number of nitrogens with zero attached hydrogens (tertiary/aromatic N) is 2. The summed E-state index contributed by atoms with van der Waals surface area (Å²) in [6.07, 6.45) is 1.13. The van der Waals surface area contributed by atoms with E-state index in [0.29, 0.717) is 39.9 Å². The molecule has 0 bridgehead atoms. The van der Waals surface area contributed by atoms with Gasteiger partial charge in [0.15, 0.2) is 11.5 Å². The molecule has 1 atom stereocenters. The third-order valence-electron chi connectivity index (χ3n) is 5.50. The lowest BCUT2D eigenvalue weighted by Crippen LogP contribution is -2.34. The third-order valence-corrected chi connectivity index (χ3v) is 6.78. The number of sulfone groups is 1. The second-order valence-electron chi connectivity index (χ2n) is 8.62. The van der Waals surface area contributed by atoms with Crippen LogP contribution in [0.2, 0.25) is 5.02 Å². The Balaban J connectivity index is 2.05. The van der Waals surface area contributed by atoms with E-state index in [9.17, 15) is 18.0 Å². The van der Waals surface area contributed by atoms with Gasteiger partial charge in [0.2, 0.25) is 5.91 Å². The van der Waals surface area contributed by atoms with Crippen molar-refractivity contribution in [3.05, 3.63) is 52.0 Å². The Labute approximate surface area is 210 Å². The number of anilines is 1. The molecule has 0 unspecified atom stereocenters. The molecule has 11 heteroatoms. The Morgan fingerprint density at radius 2 is 1.94 bits per heavy atom. The highest BCUT2D eigenvalue weighted by molar-refractivity contribution is 7.90. The van der Waals surface area contributed by atoms with Crippen LogP contribution in [0.4, 0.5) is 5.69 Å². The number of fused-ring (bicyclic) bond motifs is 1. The first kappa shape index (κ1) is 26.8. The van der Waals surface area contributed by atoms with Crippen LogP contribution >= 0.6 is 11.6 Å². The van der Waals surface area contributed by atoms with Gasteiger partial charge in [0.25, 0.3) is 5.91 Å². The standard InChI is InChI=1S/C24H30ClN3O6S/c1-6-34-21-11-15(7-10-20(21)33-4)19(14-35(5,31)32)28-12-16-17(25)8-9-18(23(16)24(28)30)26-22(29)13-27(2)3/h7-11,19H,6,12-14H2,1-5H3,(H,26,29)/t19-/m0/s1. The van der Waals surface area contributed by atoms with Crippen LogP contribution in [0.5, 0.6) is 11.5 Å². The van der Waals surface area contributed by atoms with Crippen molar-refractivity contribution in [2.75, 3.05) is 51.7 Å². The van der Waals surface area contributed by atoms with Crippen molar-refractivity contribution in [3.63, 3.8) is 0 Å². The minimum absolute atomic E-state index is 0.0978. The molecule has 35 heavy (non-hydrogen) atoms.